The molecule has 0 atom stereocenters. The molecule has 0 radical (unpaired) electrons. The number of hydrogen-bond acceptors (Lipinski definition) is 1. The summed E-state index contributed by atoms with van der Waals surface area (Å²) in [7, 11) is 0. The zero-order valence-electron chi connectivity index (χ0n) is 9.72. The summed E-state index contributed by atoms with van der Waals surface area (Å²) in [5.74, 6) is -0.0404. The highest BCUT2D eigenvalue weighted by molar-refractivity contribution is 14.1. The van der Waals surface area contributed by atoms with Gasteiger partial charge in [0.05, 0.1) is 0 Å². The first-order valence-corrected chi connectivity index (χ1v) is 7.74. The second-order valence-electron chi connectivity index (χ2n) is 3.87. The average molecular weight is 366 g/mol. The van der Waals surface area contributed by atoms with Crippen LogP contribution >= 0.6 is 34.2 Å². The van der Waals surface area contributed by atoms with E-state index in [9.17, 15) is 4.79 Å². The van der Waals surface area contributed by atoms with Crippen LogP contribution in [-0.2, 0) is 0 Å². The SMILES string of the molecule is O=C(NCCCCCCI)c1cccc(Cl)c1. The van der Waals surface area contributed by atoms with Gasteiger partial charge in [-0.2, -0.15) is 0 Å². The molecule has 0 bridgehead atoms. The Bertz CT molecular complexity index is 357. The van der Waals surface area contributed by atoms with Gasteiger partial charge in [0.15, 0.2) is 0 Å². The molecular formula is C13H17ClINO. The largest absolute Gasteiger partial charge is 0.352 e. The number of alkyl halides is 1. The fourth-order valence-electron chi connectivity index (χ4n) is 1.51. The summed E-state index contributed by atoms with van der Waals surface area (Å²) in [5.41, 5.74) is 0.629. The lowest BCUT2D eigenvalue weighted by atomic mass is 10.2. The van der Waals surface area contributed by atoms with E-state index in [1.807, 2.05) is 0 Å². The third-order valence-electron chi connectivity index (χ3n) is 2.43. The molecule has 0 aromatic heterocycles. The van der Waals surface area contributed by atoms with E-state index < -0.39 is 0 Å². The molecule has 0 spiro atoms. The van der Waals surface area contributed by atoms with Gasteiger partial charge in [0.1, 0.15) is 0 Å². The number of carbonyl (C=O) groups is 1. The third-order valence-corrected chi connectivity index (χ3v) is 3.43. The first-order valence-electron chi connectivity index (χ1n) is 5.84. The summed E-state index contributed by atoms with van der Waals surface area (Å²) >= 11 is 8.21. The Morgan fingerprint density at radius 2 is 2.00 bits per heavy atom. The molecule has 1 amide bonds. The maximum Gasteiger partial charge on any atom is 0.251 e. The first-order chi connectivity index (χ1) is 8.24. The summed E-state index contributed by atoms with van der Waals surface area (Å²) in [6.07, 6.45) is 4.74. The van der Waals surface area contributed by atoms with E-state index >= 15 is 0 Å². The number of benzene rings is 1. The molecule has 1 aromatic carbocycles. The second-order valence-corrected chi connectivity index (χ2v) is 5.38. The number of rotatable bonds is 7. The zero-order chi connectivity index (χ0) is 12.5. The van der Waals surface area contributed by atoms with Gasteiger partial charge in [-0.1, -0.05) is 53.1 Å². The van der Waals surface area contributed by atoms with Gasteiger partial charge in [0, 0.05) is 17.1 Å². The van der Waals surface area contributed by atoms with Crippen molar-refractivity contribution < 1.29 is 4.79 Å². The van der Waals surface area contributed by atoms with Gasteiger partial charge >= 0.3 is 0 Å². The number of nitrogens with one attached hydrogen (secondary N) is 1. The van der Waals surface area contributed by atoms with Crippen molar-refractivity contribution in [3.63, 3.8) is 0 Å². The number of hydrogen-bond donors (Lipinski definition) is 1. The predicted octanol–water partition coefficient (Wildman–Crippen LogP) is 4.07. The van der Waals surface area contributed by atoms with Crippen molar-refractivity contribution in [2.75, 3.05) is 11.0 Å². The van der Waals surface area contributed by atoms with Gasteiger partial charge in [-0.3, -0.25) is 4.79 Å². The molecule has 4 heteroatoms. The zero-order valence-corrected chi connectivity index (χ0v) is 12.6. The van der Waals surface area contributed by atoms with Crippen molar-refractivity contribution in [1.29, 1.82) is 0 Å². The highest BCUT2D eigenvalue weighted by Gasteiger charge is 2.04. The van der Waals surface area contributed by atoms with Crippen molar-refractivity contribution in [3.05, 3.63) is 34.9 Å². The number of carbonyl (C=O) groups excluding carboxylic acids is 1. The van der Waals surface area contributed by atoms with Gasteiger partial charge in [-0.15, -0.1) is 0 Å². The van der Waals surface area contributed by atoms with Crippen LogP contribution in [0.3, 0.4) is 0 Å². The molecule has 0 aliphatic heterocycles. The van der Waals surface area contributed by atoms with E-state index in [2.05, 4.69) is 27.9 Å². The van der Waals surface area contributed by atoms with Crippen molar-refractivity contribution in [1.82, 2.24) is 5.32 Å². The van der Waals surface area contributed by atoms with E-state index in [1.54, 1.807) is 24.3 Å². The van der Waals surface area contributed by atoms with Crippen molar-refractivity contribution >= 4 is 40.1 Å². The van der Waals surface area contributed by atoms with E-state index in [0.29, 0.717) is 10.6 Å². The summed E-state index contributed by atoms with van der Waals surface area (Å²) in [6.45, 7) is 0.743. The molecule has 0 saturated heterocycles. The molecule has 1 N–H and O–H groups in total. The third kappa shape index (κ3) is 6.27. The van der Waals surface area contributed by atoms with Gasteiger partial charge in [0.2, 0.25) is 0 Å². The first kappa shape index (κ1) is 14.8. The molecule has 0 heterocycles. The maximum absolute atomic E-state index is 11.7. The molecule has 0 saturated carbocycles. The van der Waals surface area contributed by atoms with Gasteiger partial charge in [-0.25, -0.2) is 0 Å². The second kappa shape index (κ2) is 8.75. The Balaban J connectivity index is 2.21. The fourth-order valence-corrected chi connectivity index (χ4v) is 2.24. The van der Waals surface area contributed by atoms with Crippen LogP contribution in [0.1, 0.15) is 36.0 Å². The minimum Gasteiger partial charge on any atom is -0.352 e. The van der Waals surface area contributed by atoms with Crippen molar-refractivity contribution in [3.8, 4) is 0 Å². The van der Waals surface area contributed by atoms with E-state index in [0.717, 1.165) is 13.0 Å². The molecular weight excluding hydrogens is 349 g/mol. The van der Waals surface area contributed by atoms with Crippen LogP contribution in [0.2, 0.25) is 5.02 Å². The lowest BCUT2D eigenvalue weighted by molar-refractivity contribution is 0.0953. The average Bonchev–Trinajstić information content (AvgIpc) is 2.33. The molecule has 0 fully saturated rings. The van der Waals surface area contributed by atoms with Gasteiger partial charge in [0.25, 0.3) is 5.91 Å². The normalized spacial score (nSPS) is 10.2. The summed E-state index contributed by atoms with van der Waals surface area (Å²) in [4.78, 5) is 11.7. The summed E-state index contributed by atoms with van der Waals surface area (Å²) < 4.78 is 1.21. The smallest absolute Gasteiger partial charge is 0.251 e. The summed E-state index contributed by atoms with van der Waals surface area (Å²) in [5, 5.41) is 3.50. The highest BCUT2D eigenvalue weighted by Crippen LogP contribution is 2.10. The minimum atomic E-state index is -0.0404. The molecule has 0 aliphatic carbocycles. The van der Waals surface area contributed by atoms with Crippen LogP contribution in [0.5, 0.6) is 0 Å². The molecule has 17 heavy (non-hydrogen) atoms. The highest BCUT2D eigenvalue weighted by atomic mass is 127. The minimum absolute atomic E-state index is 0.0404. The van der Waals surface area contributed by atoms with Gasteiger partial charge < -0.3 is 5.32 Å². The fraction of sp³-hybridized carbons (Fsp3) is 0.462. The van der Waals surface area contributed by atoms with Crippen LogP contribution in [0, 0.1) is 0 Å². The molecule has 1 aromatic rings. The standard InChI is InChI=1S/C13H17ClINO/c14-12-7-5-6-11(10-12)13(17)16-9-4-2-1-3-8-15/h5-7,10H,1-4,8-9H2,(H,16,17). The van der Waals surface area contributed by atoms with E-state index in [1.165, 1.54) is 23.7 Å². The van der Waals surface area contributed by atoms with Crippen molar-refractivity contribution in [2.24, 2.45) is 0 Å². The number of unbranched alkanes of at least 4 members (excludes halogenated alkanes) is 3. The Morgan fingerprint density at radius 1 is 1.24 bits per heavy atom. The van der Waals surface area contributed by atoms with Crippen LogP contribution in [0.25, 0.3) is 0 Å². The Morgan fingerprint density at radius 3 is 2.71 bits per heavy atom. The molecule has 0 aliphatic rings. The Kier molecular flexibility index (Phi) is 7.60. The lowest BCUT2D eigenvalue weighted by Gasteiger charge is -2.05. The Labute approximate surface area is 121 Å². The van der Waals surface area contributed by atoms with E-state index in [4.69, 9.17) is 11.6 Å². The van der Waals surface area contributed by atoms with E-state index in [-0.39, 0.29) is 5.91 Å². The number of amides is 1. The maximum atomic E-state index is 11.7. The van der Waals surface area contributed by atoms with Crippen LogP contribution in [0.4, 0.5) is 0 Å². The molecule has 2 nitrogen and oxygen atoms in total. The predicted molar refractivity (Wildman–Crippen MR) is 81.1 cm³/mol. The number of halogens is 2. The van der Waals surface area contributed by atoms with Crippen molar-refractivity contribution in [2.45, 2.75) is 25.7 Å². The summed E-state index contributed by atoms with van der Waals surface area (Å²) in [6, 6.07) is 7.02. The topological polar surface area (TPSA) is 29.1 Å². The van der Waals surface area contributed by atoms with Crippen LogP contribution < -0.4 is 5.32 Å². The Hall–Kier alpha value is -0.290. The lowest BCUT2D eigenvalue weighted by Crippen LogP contribution is -2.24. The molecule has 0 unspecified atom stereocenters. The monoisotopic (exact) mass is 365 g/mol. The quantitative estimate of drug-likeness (QED) is 0.440. The molecule has 94 valence electrons. The van der Waals surface area contributed by atoms with Crippen LogP contribution in [-0.4, -0.2) is 16.9 Å². The van der Waals surface area contributed by atoms with Gasteiger partial charge in [-0.05, 0) is 35.5 Å². The molecule has 1 rings (SSSR count). The van der Waals surface area contributed by atoms with Crippen LogP contribution in [0.15, 0.2) is 24.3 Å².